The fraction of sp³-hybridized carbons (Fsp3) is 0.691. The van der Waals surface area contributed by atoms with Crippen molar-refractivity contribution in [2.45, 2.75) is 290 Å². The Balaban J connectivity index is 4.41. The van der Waals surface area contributed by atoms with Gasteiger partial charge in [0.15, 0.2) is 6.10 Å². The quantitative estimate of drug-likeness (QED) is 0.0261. The van der Waals surface area contributed by atoms with Crippen LogP contribution in [0.5, 0.6) is 0 Å². The molecule has 0 aliphatic carbocycles. The Bertz CT molecular complexity index is 1510. The first-order valence-corrected chi connectivity index (χ1v) is 30.9. The molecule has 0 spiro atoms. The normalized spacial score (nSPS) is 12.9. The van der Waals surface area contributed by atoms with Gasteiger partial charge in [0.25, 0.3) is 0 Å². The van der Waals surface area contributed by atoms with E-state index in [1.165, 1.54) is 116 Å². The zero-order valence-corrected chi connectivity index (χ0v) is 48.3. The summed E-state index contributed by atoms with van der Waals surface area (Å²) in [6.45, 7) is 6.45. The summed E-state index contributed by atoms with van der Waals surface area (Å²) in [4.78, 5) is 38.3. The van der Waals surface area contributed by atoms with Crippen molar-refractivity contribution in [1.29, 1.82) is 0 Å². The predicted molar refractivity (Wildman–Crippen MR) is 320 cm³/mol. The third kappa shape index (κ3) is 59.0. The number of carbonyl (C=O) groups is 3. The Kier molecular flexibility index (Phi) is 58.3. The SMILES string of the molecule is CC/C=C\C/C=C\C/C=C\C/C=C\C/C=C\CCCCCCCCCC(=O)OCC(COC(=O)CCCCCCC/C=C\C/C=C\CCCC)OC(=O)CCCCCCCCCCC/C=C\C/C=C\CCCCC. The van der Waals surface area contributed by atoms with Gasteiger partial charge in [-0.05, 0) is 122 Å². The van der Waals surface area contributed by atoms with Crippen LogP contribution >= 0.6 is 0 Å². The molecule has 422 valence electrons. The van der Waals surface area contributed by atoms with Crippen LogP contribution in [0.15, 0.2) is 109 Å². The molecule has 0 aromatic rings. The zero-order valence-electron chi connectivity index (χ0n) is 48.3. The minimum atomic E-state index is -0.794. The molecule has 0 aromatic carbocycles. The van der Waals surface area contributed by atoms with Crippen molar-refractivity contribution in [1.82, 2.24) is 0 Å². The van der Waals surface area contributed by atoms with E-state index in [-0.39, 0.29) is 31.1 Å². The van der Waals surface area contributed by atoms with Gasteiger partial charge in [0.1, 0.15) is 13.2 Å². The number of ether oxygens (including phenoxy) is 3. The van der Waals surface area contributed by atoms with Crippen molar-refractivity contribution >= 4 is 17.9 Å². The van der Waals surface area contributed by atoms with Crippen molar-refractivity contribution in [3.05, 3.63) is 109 Å². The molecule has 6 heteroatoms. The molecule has 0 aliphatic heterocycles. The summed E-state index contributed by atoms with van der Waals surface area (Å²) in [7, 11) is 0. The second kappa shape index (κ2) is 61.6. The van der Waals surface area contributed by atoms with Gasteiger partial charge in [-0.15, -0.1) is 0 Å². The van der Waals surface area contributed by atoms with E-state index in [1.54, 1.807) is 0 Å². The van der Waals surface area contributed by atoms with Gasteiger partial charge in [-0.25, -0.2) is 0 Å². The fourth-order valence-electron chi connectivity index (χ4n) is 8.34. The number of carbonyl (C=O) groups excluding carboxylic acids is 3. The van der Waals surface area contributed by atoms with E-state index in [2.05, 4.69) is 130 Å². The van der Waals surface area contributed by atoms with Gasteiger partial charge in [0.2, 0.25) is 0 Å². The van der Waals surface area contributed by atoms with E-state index in [0.29, 0.717) is 19.3 Å². The van der Waals surface area contributed by atoms with Crippen LogP contribution in [-0.4, -0.2) is 37.2 Å². The summed E-state index contributed by atoms with van der Waals surface area (Å²) in [5.74, 6) is -0.914. The minimum Gasteiger partial charge on any atom is -0.462 e. The van der Waals surface area contributed by atoms with Crippen LogP contribution in [0.4, 0.5) is 0 Å². The fourth-order valence-corrected chi connectivity index (χ4v) is 8.34. The third-order valence-electron chi connectivity index (χ3n) is 13.0. The molecule has 0 fully saturated rings. The molecule has 0 bridgehead atoms. The first-order valence-electron chi connectivity index (χ1n) is 30.9. The zero-order chi connectivity index (χ0) is 53.6. The van der Waals surface area contributed by atoms with Gasteiger partial charge in [0.05, 0.1) is 0 Å². The largest absolute Gasteiger partial charge is 0.462 e. The summed E-state index contributed by atoms with van der Waals surface area (Å²) in [6, 6.07) is 0. The average molecular weight is 1030 g/mol. The number of esters is 3. The number of unbranched alkanes of at least 4 members (excludes halogenated alkanes) is 26. The Morgan fingerprint density at radius 3 is 0.865 bits per heavy atom. The van der Waals surface area contributed by atoms with Gasteiger partial charge in [-0.1, -0.05) is 252 Å². The molecule has 74 heavy (non-hydrogen) atoms. The third-order valence-corrected chi connectivity index (χ3v) is 13.0. The summed E-state index contributed by atoms with van der Waals surface area (Å²) in [5.41, 5.74) is 0. The molecule has 0 heterocycles. The molecular weight excluding hydrogens is 913 g/mol. The van der Waals surface area contributed by atoms with E-state index < -0.39 is 6.10 Å². The summed E-state index contributed by atoms with van der Waals surface area (Å²) < 4.78 is 16.9. The highest BCUT2D eigenvalue weighted by Crippen LogP contribution is 2.15. The van der Waals surface area contributed by atoms with Gasteiger partial charge >= 0.3 is 17.9 Å². The molecular formula is C68H114O6. The standard InChI is InChI=1S/C68H114O6/c1-4-7-10-13-16-19-22-25-28-30-32-33-34-35-37-38-40-43-46-49-52-55-58-61-67(70)73-64-65(63-72-66(69)60-57-54-51-48-45-42-27-24-21-18-15-12-9-6-3)74-68(71)62-59-56-53-50-47-44-41-39-36-31-29-26-23-20-17-14-11-8-5-2/h7,10,15-20,24-29,32-33,35,37,65H,4-6,8-9,11-14,21-23,30-31,34,36,38-64H2,1-3H3/b10-7-,18-15-,19-16-,20-17-,27-24-,28-25-,29-26-,33-32-,37-35-. The van der Waals surface area contributed by atoms with E-state index in [9.17, 15) is 14.4 Å². The lowest BCUT2D eigenvalue weighted by Gasteiger charge is -2.18. The number of hydrogen-bond acceptors (Lipinski definition) is 6. The summed E-state index contributed by atoms with van der Waals surface area (Å²) in [6.07, 6.45) is 83.6. The number of hydrogen-bond donors (Lipinski definition) is 0. The predicted octanol–water partition coefficient (Wildman–Crippen LogP) is 21.0. The average Bonchev–Trinajstić information content (AvgIpc) is 3.40. The maximum absolute atomic E-state index is 12.9. The first kappa shape index (κ1) is 70.1. The number of rotatable bonds is 55. The Morgan fingerprint density at radius 1 is 0.284 bits per heavy atom. The molecule has 0 rings (SSSR count). The van der Waals surface area contributed by atoms with Crippen LogP contribution < -0.4 is 0 Å². The highest BCUT2D eigenvalue weighted by molar-refractivity contribution is 5.71. The Hall–Kier alpha value is -3.93. The molecule has 0 aliphatic rings. The topological polar surface area (TPSA) is 78.9 Å². The van der Waals surface area contributed by atoms with Crippen LogP contribution in [0.3, 0.4) is 0 Å². The molecule has 0 amide bonds. The maximum atomic E-state index is 12.9. The van der Waals surface area contributed by atoms with Crippen LogP contribution in [-0.2, 0) is 28.6 Å². The lowest BCUT2D eigenvalue weighted by molar-refractivity contribution is -0.167. The molecule has 0 aromatic heterocycles. The minimum absolute atomic E-state index is 0.0911. The molecule has 0 radical (unpaired) electrons. The summed E-state index contributed by atoms with van der Waals surface area (Å²) in [5, 5.41) is 0. The van der Waals surface area contributed by atoms with E-state index in [4.69, 9.17) is 14.2 Å². The van der Waals surface area contributed by atoms with Gasteiger partial charge in [0, 0.05) is 19.3 Å². The first-order chi connectivity index (χ1) is 36.5. The molecule has 1 atom stereocenters. The van der Waals surface area contributed by atoms with Crippen LogP contribution in [0.1, 0.15) is 284 Å². The second-order valence-electron chi connectivity index (χ2n) is 20.2. The highest BCUT2D eigenvalue weighted by Gasteiger charge is 2.19. The lowest BCUT2D eigenvalue weighted by atomic mass is 10.1. The van der Waals surface area contributed by atoms with Crippen LogP contribution in [0.2, 0.25) is 0 Å². The van der Waals surface area contributed by atoms with Crippen molar-refractivity contribution in [2.24, 2.45) is 0 Å². The number of allylic oxidation sites excluding steroid dienone is 18. The van der Waals surface area contributed by atoms with E-state index in [1.807, 2.05) is 0 Å². The lowest BCUT2D eigenvalue weighted by Crippen LogP contribution is -2.30. The van der Waals surface area contributed by atoms with Gasteiger partial charge in [-0.3, -0.25) is 14.4 Å². The van der Waals surface area contributed by atoms with Crippen molar-refractivity contribution in [3.63, 3.8) is 0 Å². The second-order valence-corrected chi connectivity index (χ2v) is 20.2. The van der Waals surface area contributed by atoms with Crippen molar-refractivity contribution < 1.29 is 28.6 Å². The Labute approximate surface area is 457 Å². The smallest absolute Gasteiger partial charge is 0.306 e. The summed E-state index contributed by atoms with van der Waals surface area (Å²) >= 11 is 0. The molecule has 1 unspecified atom stereocenters. The molecule has 0 saturated heterocycles. The van der Waals surface area contributed by atoms with Crippen LogP contribution in [0, 0.1) is 0 Å². The monoisotopic (exact) mass is 1030 g/mol. The van der Waals surface area contributed by atoms with E-state index in [0.717, 1.165) is 128 Å². The highest BCUT2D eigenvalue weighted by atomic mass is 16.6. The van der Waals surface area contributed by atoms with Gasteiger partial charge < -0.3 is 14.2 Å². The molecule has 0 N–H and O–H groups in total. The van der Waals surface area contributed by atoms with E-state index >= 15 is 0 Å². The van der Waals surface area contributed by atoms with Crippen molar-refractivity contribution in [3.8, 4) is 0 Å². The maximum Gasteiger partial charge on any atom is 0.306 e. The van der Waals surface area contributed by atoms with Crippen LogP contribution in [0.25, 0.3) is 0 Å². The van der Waals surface area contributed by atoms with Gasteiger partial charge in [-0.2, -0.15) is 0 Å². The van der Waals surface area contributed by atoms with Crippen molar-refractivity contribution in [2.75, 3.05) is 13.2 Å². The Morgan fingerprint density at radius 2 is 0.541 bits per heavy atom. The molecule has 6 nitrogen and oxygen atoms in total. The molecule has 0 saturated carbocycles.